The second-order valence-electron chi connectivity index (χ2n) is 8.50. The van der Waals surface area contributed by atoms with E-state index in [2.05, 4.69) is 46.4 Å². The molecular formula is C27H28N4O. The Labute approximate surface area is 188 Å². The molecule has 0 spiro atoms. The Morgan fingerprint density at radius 3 is 2.53 bits per heavy atom. The van der Waals surface area contributed by atoms with E-state index in [-0.39, 0.29) is 11.9 Å². The van der Waals surface area contributed by atoms with E-state index in [0.29, 0.717) is 5.56 Å². The minimum absolute atomic E-state index is 0.0883. The molecule has 5 heteroatoms. The lowest BCUT2D eigenvalue weighted by Crippen LogP contribution is -2.35. The Bertz CT molecular complexity index is 1210. The van der Waals surface area contributed by atoms with Crippen LogP contribution >= 0.6 is 0 Å². The van der Waals surface area contributed by atoms with Crippen LogP contribution in [0.15, 0.2) is 72.9 Å². The van der Waals surface area contributed by atoms with Crippen LogP contribution in [-0.2, 0) is 0 Å². The van der Waals surface area contributed by atoms with Gasteiger partial charge in [-0.2, -0.15) is 0 Å². The fourth-order valence-electron chi connectivity index (χ4n) is 4.80. The van der Waals surface area contributed by atoms with Crippen molar-refractivity contribution in [2.24, 2.45) is 0 Å². The zero-order chi connectivity index (χ0) is 21.9. The Kier molecular flexibility index (Phi) is 5.73. The van der Waals surface area contributed by atoms with Gasteiger partial charge in [0.05, 0.1) is 11.7 Å². The van der Waals surface area contributed by atoms with Crippen molar-refractivity contribution in [3.05, 3.63) is 95.4 Å². The van der Waals surface area contributed by atoms with Crippen molar-refractivity contribution >= 4 is 22.5 Å². The van der Waals surface area contributed by atoms with Crippen LogP contribution in [0.3, 0.4) is 0 Å². The normalized spacial score (nSPS) is 15.5. The van der Waals surface area contributed by atoms with Gasteiger partial charge in [0.15, 0.2) is 0 Å². The first-order valence-corrected chi connectivity index (χ1v) is 11.3. The van der Waals surface area contributed by atoms with Crippen LogP contribution in [0.5, 0.6) is 0 Å². The molecule has 5 nitrogen and oxygen atoms in total. The first-order valence-electron chi connectivity index (χ1n) is 11.3. The smallest absolute Gasteiger partial charge is 0.255 e. The number of piperidine rings is 1. The number of aryl methyl sites for hydroxylation is 1. The third-order valence-electron chi connectivity index (χ3n) is 6.33. The zero-order valence-corrected chi connectivity index (χ0v) is 18.3. The maximum atomic E-state index is 12.7. The molecule has 0 aliphatic carbocycles. The number of nitrogens with zero attached hydrogens (tertiary/aromatic N) is 2. The molecule has 1 fully saturated rings. The summed E-state index contributed by atoms with van der Waals surface area (Å²) < 4.78 is 0. The Morgan fingerprint density at radius 1 is 1.00 bits per heavy atom. The number of hydrogen-bond acceptors (Lipinski definition) is 3. The van der Waals surface area contributed by atoms with Crippen molar-refractivity contribution in [3.8, 4) is 0 Å². The quantitative estimate of drug-likeness (QED) is 0.432. The van der Waals surface area contributed by atoms with E-state index >= 15 is 0 Å². The molecule has 0 saturated carbocycles. The van der Waals surface area contributed by atoms with Crippen LogP contribution in [0.25, 0.3) is 10.9 Å². The van der Waals surface area contributed by atoms with Gasteiger partial charge >= 0.3 is 0 Å². The minimum Gasteiger partial charge on any atom is -0.358 e. The molecule has 2 N–H and O–H groups in total. The highest BCUT2D eigenvalue weighted by Crippen LogP contribution is 2.37. The van der Waals surface area contributed by atoms with Crippen LogP contribution in [-0.4, -0.2) is 33.9 Å². The lowest BCUT2D eigenvalue weighted by atomic mass is 9.95. The van der Waals surface area contributed by atoms with Crippen molar-refractivity contribution in [2.45, 2.75) is 32.2 Å². The number of hydrogen-bond donors (Lipinski definition) is 2. The number of aromatic nitrogens is 2. The molecule has 0 bridgehead atoms. The van der Waals surface area contributed by atoms with E-state index < -0.39 is 0 Å². The number of H-pyrrole nitrogens is 1. The summed E-state index contributed by atoms with van der Waals surface area (Å²) in [7, 11) is 0. The lowest BCUT2D eigenvalue weighted by Gasteiger charge is -2.34. The first kappa shape index (κ1) is 20.5. The third kappa shape index (κ3) is 4.04. The maximum absolute atomic E-state index is 12.7. The number of pyridine rings is 1. The molecule has 2 aromatic carbocycles. The number of aromatic amines is 1. The largest absolute Gasteiger partial charge is 0.358 e. The molecule has 1 saturated heterocycles. The van der Waals surface area contributed by atoms with Crippen LogP contribution in [0, 0.1) is 6.92 Å². The number of likely N-dealkylation sites (tertiary alicyclic amines) is 1. The summed E-state index contributed by atoms with van der Waals surface area (Å²) in [6, 6.07) is 21.7. The average Bonchev–Trinajstić information content (AvgIpc) is 3.16. The van der Waals surface area contributed by atoms with E-state index in [1.807, 2.05) is 48.7 Å². The summed E-state index contributed by atoms with van der Waals surface area (Å²) in [5, 5.41) is 4.20. The summed E-state index contributed by atoms with van der Waals surface area (Å²) in [4.78, 5) is 23.6. The van der Waals surface area contributed by atoms with Crippen molar-refractivity contribution < 1.29 is 4.79 Å². The summed E-state index contributed by atoms with van der Waals surface area (Å²) in [5.74, 6) is -0.101. The Hall–Kier alpha value is -3.44. The van der Waals surface area contributed by atoms with Gasteiger partial charge in [0, 0.05) is 39.6 Å². The Balaban J connectivity index is 1.56. The monoisotopic (exact) mass is 424 g/mol. The van der Waals surface area contributed by atoms with Gasteiger partial charge in [-0.1, -0.05) is 30.7 Å². The van der Waals surface area contributed by atoms with Gasteiger partial charge in [-0.25, -0.2) is 0 Å². The molecule has 162 valence electrons. The highest BCUT2D eigenvalue weighted by atomic mass is 16.1. The van der Waals surface area contributed by atoms with Gasteiger partial charge in [-0.15, -0.1) is 0 Å². The number of anilines is 1. The minimum atomic E-state index is -0.101. The topological polar surface area (TPSA) is 61.0 Å². The van der Waals surface area contributed by atoms with Crippen molar-refractivity contribution in [3.63, 3.8) is 0 Å². The molecule has 1 atom stereocenters. The molecule has 0 unspecified atom stereocenters. The van der Waals surface area contributed by atoms with E-state index in [9.17, 15) is 4.79 Å². The van der Waals surface area contributed by atoms with E-state index in [1.165, 1.54) is 24.8 Å². The zero-order valence-electron chi connectivity index (χ0n) is 18.3. The molecule has 2 aromatic heterocycles. The molecule has 5 rings (SSSR count). The SMILES string of the molecule is Cc1[nH]c2ccc(NC(=O)c3ccccc3)cc2c1[C@H](c1ccccn1)N1CCCCC1. The molecule has 1 aliphatic rings. The van der Waals surface area contributed by atoms with Gasteiger partial charge < -0.3 is 10.3 Å². The fourth-order valence-corrected chi connectivity index (χ4v) is 4.80. The van der Waals surface area contributed by atoms with Crippen LogP contribution < -0.4 is 5.32 Å². The molecule has 0 radical (unpaired) electrons. The van der Waals surface area contributed by atoms with E-state index in [4.69, 9.17) is 4.98 Å². The number of amides is 1. The van der Waals surface area contributed by atoms with Gasteiger partial charge in [-0.05, 0) is 75.3 Å². The molecule has 1 aliphatic heterocycles. The number of fused-ring (bicyclic) bond motifs is 1. The summed E-state index contributed by atoms with van der Waals surface area (Å²) in [5.41, 5.74) is 5.98. The second-order valence-corrected chi connectivity index (χ2v) is 8.50. The number of rotatable bonds is 5. The van der Waals surface area contributed by atoms with Crippen LogP contribution in [0.1, 0.15) is 52.6 Å². The molecule has 32 heavy (non-hydrogen) atoms. The Morgan fingerprint density at radius 2 is 1.78 bits per heavy atom. The van der Waals surface area contributed by atoms with Crippen LogP contribution in [0.2, 0.25) is 0 Å². The maximum Gasteiger partial charge on any atom is 0.255 e. The lowest BCUT2D eigenvalue weighted by molar-refractivity contribution is 0.102. The van der Waals surface area contributed by atoms with Crippen LogP contribution in [0.4, 0.5) is 5.69 Å². The number of nitrogens with one attached hydrogen (secondary N) is 2. The predicted octanol–water partition coefficient (Wildman–Crippen LogP) is 5.70. The van der Waals surface area contributed by atoms with Gasteiger partial charge in [0.1, 0.15) is 0 Å². The van der Waals surface area contributed by atoms with Crippen molar-refractivity contribution in [2.75, 3.05) is 18.4 Å². The summed E-state index contributed by atoms with van der Waals surface area (Å²) in [6.45, 7) is 4.27. The third-order valence-corrected chi connectivity index (χ3v) is 6.33. The number of carbonyl (C=O) groups is 1. The molecule has 1 amide bonds. The fraction of sp³-hybridized carbons (Fsp3) is 0.259. The molecular weight excluding hydrogens is 396 g/mol. The summed E-state index contributed by atoms with van der Waals surface area (Å²) >= 11 is 0. The molecule has 4 aromatic rings. The van der Waals surface area contributed by atoms with Gasteiger partial charge in [0.25, 0.3) is 5.91 Å². The number of benzene rings is 2. The number of carbonyl (C=O) groups excluding carboxylic acids is 1. The highest BCUT2D eigenvalue weighted by Gasteiger charge is 2.29. The van der Waals surface area contributed by atoms with Gasteiger partial charge in [0.2, 0.25) is 0 Å². The molecule has 3 heterocycles. The first-order chi connectivity index (χ1) is 15.7. The average molecular weight is 425 g/mol. The second kappa shape index (κ2) is 8.97. The van der Waals surface area contributed by atoms with E-state index in [0.717, 1.165) is 41.1 Å². The predicted molar refractivity (Wildman–Crippen MR) is 129 cm³/mol. The van der Waals surface area contributed by atoms with Gasteiger partial charge in [-0.3, -0.25) is 14.7 Å². The van der Waals surface area contributed by atoms with Crippen molar-refractivity contribution in [1.82, 2.24) is 14.9 Å². The summed E-state index contributed by atoms with van der Waals surface area (Å²) in [6.07, 6.45) is 5.59. The standard InChI is InChI=1S/C27H28N4O/c1-19-25(26(24-12-6-7-15-28-24)31-16-8-3-9-17-31)22-18-21(13-14-23(22)29-19)30-27(32)20-10-4-2-5-11-20/h2,4-7,10-15,18,26,29H,3,8-9,16-17H2,1H3,(H,30,32)/t26-/m0/s1. The van der Waals surface area contributed by atoms with Crippen molar-refractivity contribution in [1.29, 1.82) is 0 Å². The highest BCUT2D eigenvalue weighted by molar-refractivity contribution is 6.05. The van der Waals surface area contributed by atoms with E-state index in [1.54, 1.807) is 0 Å².